The van der Waals surface area contributed by atoms with E-state index < -0.39 is 11.8 Å². The van der Waals surface area contributed by atoms with E-state index in [0.717, 1.165) is 22.3 Å². The first-order chi connectivity index (χ1) is 15.1. The van der Waals surface area contributed by atoms with Crippen molar-refractivity contribution in [3.63, 3.8) is 0 Å². The fourth-order valence-electron chi connectivity index (χ4n) is 5.15. The Morgan fingerprint density at radius 2 is 1.10 bits per heavy atom. The molecule has 0 spiro atoms. The molecule has 3 aromatic rings. The summed E-state index contributed by atoms with van der Waals surface area (Å²) in [6.45, 7) is 3.99. The van der Waals surface area contributed by atoms with E-state index in [1.165, 1.54) is 4.90 Å². The van der Waals surface area contributed by atoms with Gasteiger partial charge in [-0.05, 0) is 42.2 Å². The van der Waals surface area contributed by atoms with Crippen LogP contribution in [0.4, 0.5) is 5.69 Å². The highest BCUT2D eigenvalue weighted by atomic mass is 16.2. The summed E-state index contributed by atoms with van der Waals surface area (Å²) in [5, 5.41) is 0. The number of nitrogens with zero attached hydrogens (tertiary/aromatic N) is 1. The summed E-state index contributed by atoms with van der Waals surface area (Å²) in [6.07, 6.45) is 4.26. The molecular formula is C28H25NO2. The van der Waals surface area contributed by atoms with Gasteiger partial charge >= 0.3 is 0 Å². The molecule has 0 aromatic heterocycles. The van der Waals surface area contributed by atoms with Gasteiger partial charge in [0.15, 0.2) is 0 Å². The third-order valence-corrected chi connectivity index (χ3v) is 6.88. The Labute approximate surface area is 183 Å². The van der Waals surface area contributed by atoms with E-state index in [0.29, 0.717) is 5.69 Å². The molecular weight excluding hydrogens is 382 g/mol. The van der Waals surface area contributed by atoms with Crippen molar-refractivity contribution in [2.75, 3.05) is 4.90 Å². The maximum Gasteiger partial charge on any atom is 0.238 e. The number of amides is 2. The minimum atomic E-state index is -0.412. The minimum Gasteiger partial charge on any atom is -0.274 e. The average Bonchev–Trinajstić information content (AvgIpc) is 3.07. The van der Waals surface area contributed by atoms with Crippen LogP contribution < -0.4 is 4.90 Å². The van der Waals surface area contributed by atoms with E-state index in [4.69, 9.17) is 0 Å². The summed E-state index contributed by atoms with van der Waals surface area (Å²) in [5.74, 6) is -1.24. The van der Waals surface area contributed by atoms with Crippen LogP contribution in [0.5, 0.6) is 0 Å². The Morgan fingerprint density at radius 1 is 0.613 bits per heavy atom. The number of benzene rings is 3. The normalized spacial score (nSPS) is 25.0. The Balaban J connectivity index is 1.65. The van der Waals surface area contributed by atoms with E-state index in [9.17, 15) is 9.59 Å². The van der Waals surface area contributed by atoms with E-state index in [1.54, 1.807) is 0 Å². The average molecular weight is 408 g/mol. The summed E-state index contributed by atoms with van der Waals surface area (Å²) in [7, 11) is 0. The number of rotatable bonds is 3. The molecule has 1 fully saturated rings. The predicted octanol–water partition coefficient (Wildman–Crippen LogP) is 5.55. The van der Waals surface area contributed by atoms with Gasteiger partial charge in [-0.1, -0.05) is 84.9 Å². The lowest BCUT2D eigenvalue weighted by Crippen LogP contribution is -2.32. The predicted molar refractivity (Wildman–Crippen MR) is 123 cm³/mol. The summed E-state index contributed by atoms with van der Waals surface area (Å²) in [4.78, 5) is 29.1. The monoisotopic (exact) mass is 407 g/mol. The molecule has 0 unspecified atom stereocenters. The molecule has 0 saturated carbocycles. The van der Waals surface area contributed by atoms with Crippen molar-refractivity contribution >= 4 is 17.5 Å². The van der Waals surface area contributed by atoms with Gasteiger partial charge in [-0.3, -0.25) is 9.59 Å². The number of carbonyl (C=O) groups excluding carboxylic acids is 2. The van der Waals surface area contributed by atoms with Crippen LogP contribution in [0.25, 0.3) is 0 Å². The van der Waals surface area contributed by atoms with Crippen LogP contribution in [0.3, 0.4) is 0 Å². The lowest BCUT2D eigenvalue weighted by atomic mass is 9.68. The number of carbonyl (C=O) groups is 2. The third kappa shape index (κ3) is 3.12. The summed E-state index contributed by atoms with van der Waals surface area (Å²) < 4.78 is 0. The zero-order chi connectivity index (χ0) is 21.5. The fourth-order valence-corrected chi connectivity index (χ4v) is 5.15. The molecule has 1 aliphatic heterocycles. The Hall–Kier alpha value is -3.46. The maximum atomic E-state index is 13.8. The molecule has 0 N–H and O–H groups in total. The molecule has 4 atom stereocenters. The molecule has 3 nitrogen and oxygen atoms in total. The second-order valence-corrected chi connectivity index (χ2v) is 8.54. The number of anilines is 1. The topological polar surface area (TPSA) is 37.4 Å². The first kappa shape index (κ1) is 19.5. The van der Waals surface area contributed by atoms with Gasteiger partial charge in [0.25, 0.3) is 0 Å². The van der Waals surface area contributed by atoms with Gasteiger partial charge < -0.3 is 0 Å². The standard InChI is InChI=1S/C28H25NO2/c1-18-10-9-15-24(19(18)2)29-27(30)25-22(20-11-5-3-6-12-20)16-17-23(26(25)28(29)31)21-13-7-4-8-14-21/h3-17,22-23,25-26H,1-2H3/t22-,23+,25-,26-/m0/s1. The lowest BCUT2D eigenvalue weighted by molar-refractivity contribution is -0.122. The van der Waals surface area contributed by atoms with Crippen LogP contribution in [0.2, 0.25) is 0 Å². The first-order valence-electron chi connectivity index (χ1n) is 10.8. The number of hydrogen-bond acceptors (Lipinski definition) is 2. The zero-order valence-corrected chi connectivity index (χ0v) is 17.7. The molecule has 154 valence electrons. The van der Waals surface area contributed by atoms with Gasteiger partial charge in [0.2, 0.25) is 11.8 Å². The van der Waals surface area contributed by atoms with Crippen molar-refractivity contribution in [3.05, 3.63) is 113 Å². The van der Waals surface area contributed by atoms with Crippen molar-refractivity contribution in [3.8, 4) is 0 Å². The highest BCUT2D eigenvalue weighted by molar-refractivity contribution is 6.23. The lowest BCUT2D eigenvalue weighted by Gasteiger charge is -2.32. The summed E-state index contributed by atoms with van der Waals surface area (Å²) in [6, 6.07) is 25.9. The second kappa shape index (κ2) is 7.66. The molecule has 3 aromatic carbocycles. The van der Waals surface area contributed by atoms with Gasteiger partial charge in [-0.2, -0.15) is 0 Å². The van der Waals surface area contributed by atoms with Crippen molar-refractivity contribution in [2.24, 2.45) is 11.8 Å². The Bertz CT molecular complexity index is 1100. The van der Waals surface area contributed by atoms with Crippen molar-refractivity contribution in [1.82, 2.24) is 0 Å². The molecule has 2 amide bonds. The smallest absolute Gasteiger partial charge is 0.238 e. The van der Waals surface area contributed by atoms with Crippen molar-refractivity contribution in [2.45, 2.75) is 25.7 Å². The molecule has 3 heteroatoms. The number of allylic oxidation sites excluding steroid dienone is 2. The van der Waals surface area contributed by atoms with E-state index in [1.807, 2.05) is 92.7 Å². The van der Waals surface area contributed by atoms with Gasteiger partial charge in [0.05, 0.1) is 17.5 Å². The van der Waals surface area contributed by atoms with Gasteiger partial charge in [-0.15, -0.1) is 0 Å². The Morgan fingerprint density at radius 3 is 1.58 bits per heavy atom. The fraction of sp³-hybridized carbons (Fsp3) is 0.214. The Kier molecular flexibility index (Phi) is 4.82. The van der Waals surface area contributed by atoms with E-state index >= 15 is 0 Å². The van der Waals surface area contributed by atoms with E-state index in [2.05, 4.69) is 12.2 Å². The number of imide groups is 1. The second-order valence-electron chi connectivity index (χ2n) is 8.54. The first-order valence-corrected chi connectivity index (χ1v) is 10.8. The van der Waals surface area contributed by atoms with Gasteiger partial charge in [0, 0.05) is 11.8 Å². The molecule has 0 radical (unpaired) electrons. The molecule has 0 bridgehead atoms. The van der Waals surface area contributed by atoms with Gasteiger partial charge in [-0.25, -0.2) is 4.90 Å². The minimum absolute atomic E-state index is 0.0946. The quantitative estimate of drug-likeness (QED) is 0.422. The number of aryl methyl sites for hydroxylation is 1. The number of fused-ring (bicyclic) bond motifs is 1. The molecule has 2 aliphatic rings. The zero-order valence-electron chi connectivity index (χ0n) is 17.7. The van der Waals surface area contributed by atoms with E-state index in [-0.39, 0.29) is 23.7 Å². The summed E-state index contributed by atoms with van der Waals surface area (Å²) >= 11 is 0. The van der Waals surface area contributed by atoms with Crippen LogP contribution in [0.1, 0.15) is 34.1 Å². The van der Waals surface area contributed by atoms with Crippen molar-refractivity contribution < 1.29 is 9.59 Å². The SMILES string of the molecule is Cc1cccc(N2C(=O)[C@@H]3[C@@H](C2=O)[C@H](c2ccccc2)C=C[C@@H]3c2ccccc2)c1C. The molecule has 1 heterocycles. The van der Waals surface area contributed by atoms with Crippen LogP contribution in [0.15, 0.2) is 91.0 Å². The van der Waals surface area contributed by atoms with Crippen LogP contribution in [-0.2, 0) is 9.59 Å². The van der Waals surface area contributed by atoms with Crippen LogP contribution >= 0.6 is 0 Å². The van der Waals surface area contributed by atoms with Crippen LogP contribution in [0, 0.1) is 25.7 Å². The maximum absolute atomic E-state index is 13.8. The molecule has 5 rings (SSSR count). The largest absolute Gasteiger partial charge is 0.274 e. The highest BCUT2D eigenvalue weighted by Crippen LogP contribution is 2.50. The summed E-state index contributed by atoms with van der Waals surface area (Å²) in [5.41, 5.74) is 4.91. The van der Waals surface area contributed by atoms with Crippen molar-refractivity contribution in [1.29, 1.82) is 0 Å². The van der Waals surface area contributed by atoms with Crippen LogP contribution in [-0.4, -0.2) is 11.8 Å². The molecule has 1 saturated heterocycles. The molecule has 31 heavy (non-hydrogen) atoms. The molecule has 1 aliphatic carbocycles. The third-order valence-electron chi connectivity index (χ3n) is 6.88. The number of hydrogen-bond donors (Lipinski definition) is 0. The van der Waals surface area contributed by atoms with Gasteiger partial charge in [0.1, 0.15) is 0 Å². The highest BCUT2D eigenvalue weighted by Gasteiger charge is 2.55.